The number of alkyl halides is 2. The summed E-state index contributed by atoms with van der Waals surface area (Å²) in [6.07, 6.45) is 1.25. The fourth-order valence-corrected chi connectivity index (χ4v) is 2.74. The summed E-state index contributed by atoms with van der Waals surface area (Å²) in [5.74, 6) is -1.09. The lowest BCUT2D eigenvalue weighted by atomic mass is 10.0. The van der Waals surface area contributed by atoms with Crippen molar-refractivity contribution in [2.24, 2.45) is 0 Å². The zero-order valence-corrected chi connectivity index (χ0v) is 12.7. The van der Waals surface area contributed by atoms with Gasteiger partial charge in [0, 0.05) is 6.54 Å². The van der Waals surface area contributed by atoms with Crippen LogP contribution in [0.5, 0.6) is 5.75 Å². The lowest BCUT2D eigenvalue weighted by Gasteiger charge is -2.23. The third-order valence-electron chi connectivity index (χ3n) is 3.90. The predicted octanol–water partition coefficient (Wildman–Crippen LogP) is 2.45. The molecule has 0 aromatic heterocycles. The highest BCUT2D eigenvalue weighted by Crippen LogP contribution is 2.27. The number of rotatable bonds is 4. The molecule has 0 saturated carbocycles. The van der Waals surface area contributed by atoms with Crippen LogP contribution in [0.4, 0.5) is 8.78 Å². The number of hydrogen-bond donors (Lipinski definition) is 2. The Labute approximate surface area is 137 Å². The van der Waals surface area contributed by atoms with Gasteiger partial charge in [-0.25, -0.2) is 0 Å². The normalized spacial score (nSPS) is 17.6. The molecule has 0 radical (unpaired) electrons. The van der Waals surface area contributed by atoms with Gasteiger partial charge in [0.1, 0.15) is 11.8 Å². The molecular weight excluding hydrogens is 318 g/mol. The number of fused-ring (bicyclic) bond motifs is 1. The molecule has 1 atom stereocenters. The van der Waals surface area contributed by atoms with Gasteiger partial charge < -0.3 is 15.4 Å². The van der Waals surface area contributed by atoms with E-state index in [0.717, 1.165) is 11.8 Å². The topological polar surface area (TPSA) is 67.4 Å². The molecule has 7 heteroatoms. The summed E-state index contributed by atoms with van der Waals surface area (Å²) in [7, 11) is 0. The van der Waals surface area contributed by atoms with Crippen molar-refractivity contribution < 1.29 is 23.1 Å². The van der Waals surface area contributed by atoms with Crippen LogP contribution in [0.2, 0.25) is 0 Å². The maximum Gasteiger partial charge on any atom is 0.387 e. The second kappa shape index (κ2) is 6.82. The zero-order chi connectivity index (χ0) is 17.1. The first-order chi connectivity index (χ1) is 11.5. The van der Waals surface area contributed by atoms with E-state index in [4.69, 9.17) is 0 Å². The fraction of sp³-hybridized carbons (Fsp3) is 0.294. The Bertz CT molecular complexity index is 780. The van der Waals surface area contributed by atoms with Gasteiger partial charge >= 0.3 is 6.61 Å². The van der Waals surface area contributed by atoms with Gasteiger partial charge in [-0.1, -0.05) is 24.3 Å². The van der Waals surface area contributed by atoms with Crippen molar-refractivity contribution in [1.29, 1.82) is 0 Å². The summed E-state index contributed by atoms with van der Waals surface area (Å²) >= 11 is 0. The van der Waals surface area contributed by atoms with E-state index < -0.39 is 18.6 Å². The van der Waals surface area contributed by atoms with Gasteiger partial charge in [-0.3, -0.25) is 9.59 Å². The first-order valence-corrected chi connectivity index (χ1v) is 7.61. The quantitative estimate of drug-likeness (QED) is 0.902. The number of hydrogen-bond acceptors (Lipinski definition) is 3. The molecule has 1 aliphatic rings. The van der Waals surface area contributed by atoms with Gasteiger partial charge in [-0.2, -0.15) is 8.78 Å². The molecule has 0 bridgehead atoms. The number of carbonyl (C=O) groups excluding carboxylic acids is 2. The Hall–Kier alpha value is -2.70. The number of carbonyl (C=O) groups is 2. The van der Waals surface area contributed by atoms with Crippen molar-refractivity contribution in [3.05, 3.63) is 42.0 Å². The van der Waals surface area contributed by atoms with Crippen LogP contribution in [0.25, 0.3) is 10.8 Å². The van der Waals surface area contributed by atoms with Gasteiger partial charge in [-0.15, -0.1) is 0 Å². The molecule has 126 valence electrons. The highest BCUT2D eigenvalue weighted by atomic mass is 19.3. The van der Waals surface area contributed by atoms with Crippen LogP contribution in [0.3, 0.4) is 0 Å². The van der Waals surface area contributed by atoms with Crippen LogP contribution in [-0.2, 0) is 4.79 Å². The number of piperidine rings is 1. The lowest BCUT2D eigenvalue weighted by Crippen LogP contribution is -2.50. The van der Waals surface area contributed by atoms with Gasteiger partial charge in [0.2, 0.25) is 5.91 Å². The van der Waals surface area contributed by atoms with E-state index in [1.807, 2.05) is 0 Å². The van der Waals surface area contributed by atoms with Crippen molar-refractivity contribution in [2.45, 2.75) is 25.5 Å². The largest absolute Gasteiger partial charge is 0.434 e. The van der Waals surface area contributed by atoms with Crippen LogP contribution in [-0.4, -0.2) is 31.0 Å². The highest BCUT2D eigenvalue weighted by Gasteiger charge is 2.26. The minimum absolute atomic E-state index is 0.0210. The Kier molecular flexibility index (Phi) is 4.59. The molecule has 24 heavy (non-hydrogen) atoms. The molecule has 3 rings (SSSR count). The monoisotopic (exact) mass is 334 g/mol. The summed E-state index contributed by atoms with van der Waals surface area (Å²) in [5, 5.41) is 6.65. The van der Waals surface area contributed by atoms with Crippen LogP contribution < -0.4 is 15.4 Å². The summed E-state index contributed by atoms with van der Waals surface area (Å²) in [6.45, 7) is -2.48. The number of amides is 2. The minimum Gasteiger partial charge on any atom is -0.434 e. The molecule has 1 unspecified atom stereocenters. The Balaban J connectivity index is 1.93. The number of ether oxygens (including phenoxy) is 1. The molecule has 0 spiro atoms. The van der Waals surface area contributed by atoms with E-state index >= 15 is 0 Å². The van der Waals surface area contributed by atoms with Crippen molar-refractivity contribution in [3.63, 3.8) is 0 Å². The van der Waals surface area contributed by atoms with E-state index in [0.29, 0.717) is 18.4 Å². The first kappa shape index (κ1) is 16.2. The molecule has 1 heterocycles. The SMILES string of the molecule is O=C(NC1CCCNC1=O)c1cc2ccccc2cc1OC(F)F. The summed E-state index contributed by atoms with van der Waals surface area (Å²) in [5.41, 5.74) is -0.0210. The zero-order valence-electron chi connectivity index (χ0n) is 12.7. The molecule has 2 aromatic carbocycles. The minimum atomic E-state index is -3.05. The Morgan fingerprint density at radius 3 is 2.62 bits per heavy atom. The molecule has 1 saturated heterocycles. The van der Waals surface area contributed by atoms with E-state index in [1.165, 1.54) is 12.1 Å². The van der Waals surface area contributed by atoms with E-state index in [2.05, 4.69) is 15.4 Å². The molecule has 2 amide bonds. The smallest absolute Gasteiger partial charge is 0.387 e. The molecule has 1 fully saturated rings. The second-order valence-electron chi connectivity index (χ2n) is 5.53. The number of benzene rings is 2. The van der Waals surface area contributed by atoms with Crippen molar-refractivity contribution in [2.75, 3.05) is 6.54 Å². The Morgan fingerprint density at radius 2 is 1.96 bits per heavy atom. The number of nitrogens with one attached hydrogen (secondary N) is 2. The van der Waals surface area contributed by atoms with Crippen LogP contribution >= 0.6 is 0 Å². The molecular formula is C17H16F2N2O3. The first-order valence-electron chi connectivity index (χ1n) is 7.61. The summed E-state index contributed by atoms with van der Waals surface area (Å²) in [6, 6.07) is 9.28. The molecule has 2 N–H and O–H groups in total. The average molecular weight is 334 g/mol. The maximum absolute atomic E-state index is 12.7. The van der Waals surface area contributed by atoms with Crippen molar-refractivity contribution in [1.82, 2.24) is 10.6 Å². The molecule has 1 aliphatic heterocycles. The molecule has 0 aliphatic carbocycles. The highest BCUT2D eigenvalue weighted by molar-refractivity contribution is 6.03. The van der Waals surface area contributed by atoms with Gasteiger partial charge in [0.05, 0.1) is 5.56 Å². The van der Waals surface area contributed by atoms with Gasteiger partial charge in [-0.05, 0) is 35.7 Å². The maximum atomic E-state index is 12.7. The van der Waals surface area contributed by atoms with Crippen LogP contribution in [0.1, 0.15) is 23.2 Å². The third kappa shape index (κ3) is 3.45. The van der Waals surface area contributed by atoms with Gasteiger partial charge in [0.15, 0.2) is 0 Å². The van der Waals surface area contributed by atoms with Gasteiger partial charge in [0.25, 0.3) is 5.91 Å². The standard InChI is InChI=1S/C17H16F2N2O3/c18-17(19)24-14-9-11-5-2-1-4-10(11)8-12(14)15(22)21-13-6-3-7-20-16(13)23/h1-2,4-5,8-9,13,17H,3,6-7H2,(H,20,23)(H,21,22). The lowest BCUT2D eigenvalue weighted by molar-refractivity contribution is -0.124. The predicted molar refractivity (Wildman–Crippen MR) is 84.1 cm³/mol. The third-order valence-corrected chi connectivity index (χ3v) is 3.90. The van der Waals surface area contributed by atoms with E-state index in [9.17, 15) is 18.4 Å². The van der Waals surface area contributed by atoms with Crippen LogP contribution in [0, 0.1) is 0 Å². The van der Waals surface area contributed by atoms with Crippen LogP contribution in [0.15, 0.2) is 36.4 Å². The second-order valence-corrected chi connectivity index (χ2v) is 5.53. The van der Waals surface area contributed by atoms with Crippen molar-refractivity contribution in [3.8, 4) is 5.75 Å². The van der Waals surface area contributed by atoms with Crippen molar-refractivity contribution >= 4 is 22.6 Å². The summed E-state index contributed by atoms with van der Waals surface area (Å²) < 4.78 is 29.8. The van der Waals surface area contributed by atoms with E-state index in [-0.39, 0.29) is 17.2 Å². The molecule has 5 nitrogen and oxygen atoms in total. The summed E-state index contributed by atoms with van der Waals surface area (Å²) in [4.78, 5) is 24.2. The average Bonchev–Trinajstić information content (AvgIpc) is 2.55. The van der Waals surface area contributed by atoms with E-state index in [1.54, 1.807) is 24.3 Å². The molecule has 2 aromatic rings. The Morgan fingerprint density at radius 1 is 1.25 bits per heavy atom. The number of halogens is 2. The fourth-order valence-electron chi connectivity index (χ4n) is 2.74.